The second kappa shape index (κ2) is 7.03. The fourth-order valence-electron chi connectivity index (χ4n) is 2.28. The predicted octanol–water partition coefficient (Wildman–Crippen LogP) is 3.39. The number of carbonyl (C=O) groups is 1. The zero-order valence-electron chi connectivity index (χ0n) is 11.8. The first kappa shape index (κ1) is 15.2. The first-order valence-electron chi connectivity index (χ1n) is 6.93. The van der Waals surface area contributed by atoms with Crippen molar-refractivity contribution in [3.05, 3.63) is 59.4 Å². The van der Waals surface area contributed by atoms with Crippen molar-refractivity contribution in [3.63, 3.8) is 0 Å². The summed E-state index contributed by atoms with van der Waals surface area (Å²) >= 11 is 7.57. The van der Waals surface area contributed by atoms with Gasteiger partial charge < -0.3 is 9.64 Å². The first-order chi connectivity index (χ1) is 10.7. The van der Waals surface area contributed by atoms with Crippen molar-refractivity contribution in [1.29, 1.82) is 0 Å². The van der Waals surface area contributed by atoms with Crippen molar-refractivity contribution < 1.29 is 9.53 Å². The molecule has 114 valence electrons. The molecule has 0 radical (unpaired) electrons. The third-order valence-corrected chi connectivity index (χ3v) is 4.87. The summed E-state index contributed by atoms with van der Waals surface area (Å²) < 4.78 is 5.54. The molecule has 1 unspecified atom stereocenters. The lowest BCUT2D eigenvalue weighted by molar-refractivity contribution is -0.133. The summed E-state index contributed by atoms with van der Waals surface area (Å²) in [5.74, 6) is 1.54. The number of carbonyl (C=O) groups excluding carboxylic acids is 1. The van der Waals surface area contributed by atoms with Crippen LogP contribution in [0.4, 0.5) is 0 Å². The Hall–Kier alpha value is -1.72. The number of rotatable bonds is 4. The lowest BCUT2D eigenvalue weighted by atomic mass is 10.2. The summed E-state index contributed by atoms with van der Waals surface area (Å²) in [4.78, 5) is 18.4. The van der Waals surface area contributed by atoms with Gasteiger partial charge in [0, 0.05) is 35.3 Å². The second-order valence-electron chi connectivity index (χ2n) is 4.84. The van der Waals surface area contributed by atoms with Gasteiger partial charge in [0.15, 0.2) is 6.61 Å². The molecule has 1 aromatic carbocycles. The number of benzene rings is 1. The molecular formula is C16H15ClN2O2S. The zero-order valence-corrected chi connectivity index (χ0v) is 13.4. The van der Waals surface area contributed by atoms with E-state index in [9.17, 15) is 4.79 Å². The van der Waals surface area contributed by atoms with E-state index >= 15 is 0 Å². The number of amides is 1. The number of ether oxygens (including phenoxy) is 1. The summed E-state index contributed by atoms with van der Waals surface area (Å²) in [5, 5.41) is 0.668. The van der Waals surface area contributed by atoms with E-state index in [1.165, 1.54) is 0 Å². The Balaban J connectivity index is 1.62. The highest BCUT2D eigenvalue weighted by Crippen LogP contribution is 2.37. The predicted molar refractivity (Wildman–Crippen MR) is 88.1 cm³/mol. The molecule has 1 aliphatic heterocycles. The van der Waals surface area contributed by atoms with Gasteiger partial charge in [0.05, 0.1) is 0 Å². The molecule has 0 aliphatic carbocycles. The van der Waals surface area contributed by atoms with Crippen LogP contribution in [0.2, 0.25) is 5.02 Å². The Morgan fingerprint density at radius 1 is 1.36 bits per heavy atom. The molecule has 2 heterocycles. The topological polar surface area (TPSA) is 42.4 Å². The minimum atomic E-state index is -0.0196. The van der Waals surface area contributed by atoms with Crippen LogP contribution in [-0.4, -0.2) is 34.7 Å². The molecule has 1 aromatic heterocycles. The number of halogens is 1. The van der Waals surface area contributed by atoms with Gasteiger partial charge in [-0.3, -0.25) is 9.78 Å². The molecule has 0 saturated carbocycles. The van der Waals surface area contributed by atoms with E-state index in [2.05, 4.69) is 4.98 Å². The van der Waals surface area contributed by atoms with Gasteiger partial charge in [0.1, 0.15) is 11.1 Å². The van der Waals surface area contributed by atoms with Gasteiger partial charge in [-0.15, -0.1) is 11.8 Å². The monoisotopic (exact) mass is 334 g/mol. The second-order valence-corrected chi connectivity index (χ2v) is 6.46. The van der Waals surface area contributed by atoms with Crippen LogP contribution in [0.5, 0.6) is 5.75 Å². The molecule has 6 heteroatoms. The summed E-state index contributed by atoms with van der Waals surface area (Å²) in [5.41, 5.74) is 1.05. The minimum absolute atomic E-state index is 0.0196. The van der Waals surface area contributed by atoms with Gasteiger partial charge in [-0.25, -0.2) is 0 Å². The van der Waals surface area contributed by atoms with Crippen LogP contribution >= 0.6 is 23.4 Å². The van der Waals surface area contributed by atoms with E-state index in [-0.39, 0.29) is 17.9 Å². The summed E-state index contributed by atoms with van der Waals surface area (Å²) in [6, 6.07) is 10.9. The molecular weight excluding hydrogens is 320 g/mol. The van der Waals surface area contributed by atoms with Gasteiger partial charge in [-0.05, 0) is 30.3 Å². The molecule has 1 atom stereocenters. The Morgan fingerprint density at radius 2 is 2.18 bits per heavy atom. The molecule has 1 amide bonds. The van der Waals surface area contributed by atoms with Gasteiger partial charge in [0.25, 0.3) is 5.91 Å². The molecule has 0 N–H and O–H groups in total. The highest BCUT2D eigenvalue weighted by atomic mass is 35.5. The van der Waals surface area contributed by atoms with Gasteiger partial charge in [-0.1, -0.05) is 17.7 Å². The normalized spacial score (nSPS) is 17.5. The van der Waals surface area contributed by atoms with E-state index < -0.39 is 0 Å². The highest BCUT2D eigenvalue weighted by Gasteiger charge is 2.30. The van der Waals surface area contributed by atoms with Crippen molar-refractivity contribution >= 4 is 29.3 Å². The van der Waals surface area contributed by atoms with Crippen molar-refractivity contribution in [2.24, 2.45) is 0 Å². The number of hydrogen-bond acceptors (Lipinski definition) is 4. The number of pyridine rings is 1. The average Bonchev–Trinajstić information content (AvgIpc) is 3.04. The number of hydrogen-bond donors (Lipinski definition) is 0. The molecule has 1 saturated heterocycles. The highest BCUT2D eigenvalue weighted by molar-refractivity contribution is 7.99. The van der Waals surface area contributed by atoms with E-state index in [4.69, 9.17) is 16.3 Å². The summed E-state index contributed by atoms with van der Waals surface area (Å²) in [6.45, 7) is 0.756. The third-order valence-electron chi connectivity index (χ3n) is 3.36. The van der Waals surface area contributed by atoms with Crippen molar-refractivity contribution in [1.82, 2.24) is 9.88 Å². The Kier molecular flexibility index (Phi) is 4.85. The van der Waals surface area contributed by atoms with E-state index in [1.807, 2.05) is 23.2 Å². The fraction of sp³-hybridized carbons (Fsp3) is 0.250. The van der Waals surface area contributed by atoms with Crippen LogP contribution in [0.1, 0.15) is 10.9 Å². The van der Waals surface area contributed by atoms with Crippen molar-refractivity contribution in [2.75, 3.05) is 18.9 Å². The molecule has 22 heavy (non-hydrogen) atoms. The molecule has 1 aliphatic rings. The third kappa shape index (κ3) is 3.54. The zero-order chi connectivity index (χ0) is 15.4. The molecule has 0 bridgehead atoms. The molecule has 3 rings (SSSR count). The Bertz CT molecular complexity index is 636. The van der Waals surface area contributed by atoms with Crippen LogP contribution in [0.3, 0.4) is 0 Å². The summed E-state index contributed by atoms with van der Waals surface area (Å²) in [6.07, 6.45) is 3.54. The minimum Gasteiger partial charge on any atom is -0.484 e. The Labute approximate surface area is 138 Å². The molecule has 1 fully saturated rings. The summed E-state index contributed by atoms with van der Waals surface area (Å²) in [7, 11) is 0. The van der Waals surface area contributed by atoms with E-state index in [0.29, 0.717) is 10.8 Å². The van der Waals surface area contributed by atoms with Crippen LogP contribution in [0, 0.1) is 0 Å². The largest absolute Gasteiger partial charge is 0.484 e. The molecule has 2 aromatic rings. The first-order valence-corrected chi connectivity index (χ1v) is 8.36. The quantitative estimate of drug-likeness (QED) is 0.859. The SMILES string of the molecule is O=C(COc1ccc(Cl)cc1)N1CCSC1c1cccnc1. The molecule has 4 nitrogen and oxygen atoms in total. The fourth-order valence-corrected chi connectivity index (χ4v) is 3.67. The van der Waals surface area contributed by atoms with E-state index in [0.717, 1.165) is 17.9 Å². The lowest BCUT2D eigenvalue weighted by Crippen LogP contribution is -2.34. The van der Waals surface area contributed by atoms with Crippen LogP contribution < -0.4 is 4.74 Å². The number of thioether (sulfide) groups is 1. The van der Waals surface area contributed by atoms with Crippen LogP contribution in [0.25, 0.3) is 0 Å². The standard InChI is InChI=1S/C16H15ClN2O2S/c17-13-3-5-14(6-4-13)21-11-15(20)19-8-9-22-16(19)12-2-1-7-18-10-12/h1-7,10,16H,8-9,11H2. The average molecular weight is 335 g/mol. The van der Waals surface area contributed by atoms with Gasteiger partial charge >= 0.3 is 0 Å². The van der Waals surface area contributed by atoms with Crippen molar-refractivity contribution in [3.8, 4) is 5.75 Å². The van der Waals surface area contributed by atoms with Crippen LogP contribution in [0.15, 0.2) is 48.8 Å². The Morgan fingerprint density at radius 3 is 2.91 bits per heavy atom. The van der Waals surface area contributed by atoms with Crippen molar-refractivity contribution in [2.45, 2.75) is 5.37 Å². The smallest absolute Gasteiger partial charge is 0.261 e. The molecule has 0 spiro atoms. The lowest BCUT2D eigenvalue weighted by Gasteiger charge is -2.23. The number of nitrogens with zero attached hydrogens (tertiary/aromatic N) is 2. The maximum absolute atomic E-state index is 12.4. The maximum Gasteiger partial charge on any atom is 0.261 e. The van der Waals surface area contributed by atoms with Gasteiger partial charge in [-0.2, -0.15) is 0 Å². The van der Waals surface area contributed by atoms with Gasteiger partial charge in [0.2, 0.25) is 0 Å². The van der Waals surface area contributed by atoms with Crippen LogP contribution in [-0.2, 0) is 4.79 Å². The maximum atomic E-state index is 12.4. The van der Waals surface area contributed by atoms with E-state index in [1.54, 1.807) is 42.2 Å². The number of aromatic nitrogens is 1.